The van der Waals surface area contributed by atoms with Crippen molar-refractivity contribution in [3.05, 3.63) is 42.1 Å². The standard InChI is InChI=1S/C15H15N5/c16-15-19-13(11-4-2-1-3-5-11)18-14-12(8-10-6-7-10)9-17-20(14)15/h1-5,9-10H,6-8H2,(H2,16,18,19). The van der Waals surface area contributed by atoms with Gasteiger partial charge in [-0.25, -0.2) is 4.98 Å². The maximum absolute atomic E-state index is 6.00. The van der Waals surface area contributed by atoms with Gasteiger partial charge < -0.3 is 5.73 Å². The van der Waals surface area contributed by atoms with E-state index >= 15 is 0 Å². The van der Waals surface area contributed by atoms with E-state index in [9.17, 15) is 0 Å². The summed E-state index contributed by atoms with van der Waals surface area (Å²) in [5.41, 5.74) is 8.98. The average Bonchev–Trinajstić information content (AvgIpc) is 3.20. The van der Waals surface area contributed by atoms with Crippen molar-refractivity contribution >= 4 is 11.6 Å². The van der Waals surface area contributed by atoms with Crippen molar-refractivity contribution in [2.75, 3.05) is 5.73 Å². The lowest BCUT2D eigenvalue weighted by Crippen LogP contribution is -2.06. The van der Waals surface area contributed by atoms with Crippen LogP contribution in [-0.4, -0.2) is 19.6 Å². The van der Waals surface area contributed by atoms with E-state index in [4.69, 9.17) is 5.73 Å². The highest BCUT2D eigenvalue weighted by Gasteiger charge is 2.24. The fourth-order valence-corrected chi connectivity index (χ4v) is 2.44. The Kier molecular flexibility index (Phi) is 2.45. The first-order valence-corrected chi connectivity index (χ1v) is 6.87. The number of nitrogens with two attached hydrogens (primary N) is 1. The average molecular weight is 265 g/mol. The predicted octanol–water partition coefficient (Wildman–Crippen LogP) is 2.33. The second-order valence-corrected chi connectivity index (χ2v) is 5.32. The zero-order valence-corrected chi connectivity index (χ0v) is 11.0. The van der Waals surface area contributed by atoms with Crippen molar-refractivity contribution in [3.63, 3.8) is 0 Å². The van der Waals surface area contributed by atoms with Crippen molar-refractivity contribution < 1.29 is 0 Å². The van der Waals surface area contributed by atoms with Crippen LogP contribution in [0.2, 0.25) is 0 Å². The molecule has 0 spiro atoms. The van der Waals surface area contributed by atoms with E-state index in [1.54, 1.807) is 4.52 Å². The smallest absolute Gasteiger partial charge is 0.225 e. The van der Waals surface area contributed by atoms with Crippen LogP contribution in [0.5, 0.6) is 0 Å². The highest BCUT2D eigenvalue weighted by Crippen LogP contribution is 2.33. The lowest BCUT2D eigenvalue weighted by molar-refractivity contribution is 0.835. The number of rotatable bonds is 3. The summed E-state index contributed by atoms with van der Waals surface area (Å²) < 4.78 is 1.63. The summed E-state index contributed by atoms with van der Waals surface area (Å²) in [5.74, 6) is 1.84. The van der Waals surface area contributed by atoms with Crippen molar-refractivity contribution in [1.29, 1.82) is 0 Å². The molecule has 5 heteroatoms. The van der Waals surface area contributed by atoms with Gasteiger partial charge in [0.05, 0.1) is 6.20 Å². The lowest BCUT2D eigenvalue weighted by atomic mass is 10.1. The van der Waals surface area contributed by atoms with Crippen LogP contribution in [0.1, 0.15) is 18.4 Å². The minimum absolute atomic E-state index is 0.385. The van der Waals surface area contributed by atoms with Crippen molar-refractivity contribution in [1.82, 2.24) is 19.6 Å². The molecule has 100 valence electrons. The molecule has 2 N–H and O–H groups in total. The number of nitrogen functional groups attached to an aromatic ring is 1. The van der Waals surface area contributed by atoms with Gasteiger partial charge in [-0.1, -0.05) is 30.3 Å². The molecule has 0 radical (unpaired) electrons. The zero-order chi connectivity index (χ0) is 13.5. The minimum atomic E-state index is 0.385. The van der Waals surface area contributed by atoms with E-state index < -0.39 is 0 Å². The molecule has 4 rings (SSSR count). The number of anilines is 1. The predicted molar refractivity (Wildman–Crippen MR) is 77.1 cm³/mol. The van der Waals surface area contributed by atoms with Gasteiger partial charge in [0.2, 0.25) is 5.95 Å². The molecular weight excluding hydrogens is 250 g/mol. The SMILES string of the molecule is Nc1nc(-c2ccccc2)nc2c(CC3CC3)cnn12. The van der Waals surface area contributed by atoms with Crippen molar-refractivity contribution in [3.8, 4) is 11.4 Å². The molecule has 0 unspecified atom stereocenters. The minimum Gasteiger partial charge on any atom is -0.368 e. The molecule has 0 saturated heterocycles. The first kappa shape index (κ1) is 11.4. The molecule has 2 heterocycles. The van der Waals surface area contributed by atoms with Crippen molar-refractivity contribution in [2.24, 2.45) is 5.92 Å². The van der Waals surface area contributed by atoms with Crippen LogP contribution in [0.4, 0.5) is 5.95 Å². The second-order valence-electron chi connectivity index (χ2n) is 5.32. The van der Waals surface area contributed by atoms with Gasteiger partial charge in [0, 0.05) is 11.1 Å². The maximum Gasteiger partial charge on any atom is 0.225 e. The third-order valence-corrected chi connectivity index (χ3v) is 3.70. The van der Waals surface area contributed by atoms with Gasteiger partial charge in [-0.15, -0.1) is 0 Å². The number of fused-ring (bicyclic) bond motifs is 1. The molecule has 0 amide bonds. The van der Waals surface area contributed by atoms with E-state index in [-0.39, 0.29) is 0 Å². The molecule has 3 aromatic rings. The van der Waals surface area contributed by atoms with Gasteiger partial charge in [-0.05, 0) is 25.2 Å². The third kappa shape index (κ3) is 1.91. The molecule has 2 aromatic heterocycles. The normalized spacial score (nSPS) is 14.8. The lowest BCUT2D eigenvalue weighted by Gasteiger charge is -2.04. The van der Waals surface area contributed by atoms with E-state index in [1.807, 2.05) is 36.5 Å². The fraction of sp³-hybridized carbons (Fsp3) is 0.267. The van der Waals surface area contributed by atoms with Crippen molar-refractivity contribution in [2.45, 2.75) is 19.3 Å². The highest BCUT2D eigenvalue weighted by molar-refractivity contribution is 5.61. The third-order valence-electron chi connectivity index (χ3n) is 3.70. The Hall–Kier alpha value is -2.43. The first-order valence-electron chi connectivity index (χ1n) is 6.87. The van der Waals surface area contributed by atoms with E-state index in [0.29, 0.717) is 11.8 Å². The number of hydrogen-bond donors (Lipinski definition) is 1. The molecule has 0 atom stereocenters. The summed E-state index contributed by atoms with van der Waals surface area (Å²) in [6, 6.07) is 9.90. The van der Waals surface area contributed by atoms with E-state index in [1.165, 1.54) is 18.4 Å². The first-order chi connectivity index (χ1) is 9.81. The van der Waals surface area contributed by atoms with Gasteiger partial charge in [0.15, 0.2) is 11.5 Å². The van der Waals surface area contributed by atoms with Gasteiger partial charge in [-0.2, -0.15) is 14.6 Å². The Labute approximate surface area is 116 Å². The Morgan fingerprint density at radius 3 is 2.70 bits per heavy atom. The molecule has 1 fully saturated rings. The molecule has 1 aliphatic carbocycles. The molecule has 5 nitrogen and oxygen atoms in total. The van der Waals surface area contributed by atoms with Crippen LogP contribution in [-0.2, 0) is 6.42 Å². The summed E-state index contributed by atoms with van der Waals surface area (Å²) in [4.78, 5) is 9.00. The molecule has 1 aromatic carbocycles. The number of nitrogens with zero attached hydrogens (tertiary/aromatic N) is 4. The molecule has 1 aliphatic rings. The van der Waals surface area contributed by atoms with Crippen LogP contribution in [0.25, 0.3) is 17.0 Å². The molecular formula is C15H15N5. The molecule has 20 heavy (non-hydrogen) atoms. The van der Waals surface area contributed by atoms with Gasteiger partial charge in [0.1, 0.15) is 0 Å². The Morgan fingerprint density at radius 1 is 1.15 bits per heavy atom. The topological polar surface area (TPSA) is 69.1 Å². The molecule has 0 aliphatic heterocycles. The Balaban J connectivity index is 1.86. The van der Waals surface area contributed by atoms with Crippen LogP contribution in [0, 0.1) is 5.92 Å². The second kappa shape index (κ2) is 4.30. The summed E-state index contributed by atoms with van der Waals surface area (Å²) in [7, 11) is 0. The van der Waals surface area contributed by atoms with Gasteiger partial charge in [-0.3, -0.25) is 0 Å². The number of hydrogen-bond acceptors (Lipinski definition) is 4. The van der Waals surface area contributed by atoms with Crippen LogP contribution < -0.4 is 5.73 Å². The monoisotopic (exact) mass is 265 g/mol. The van der Waals surface area contributed by atoms with Crippen LogP contribution >= 0.6 is 0 Å². The number of benzene rings is 1. The van der Waals surface area contributed by atoms with Gasteiger partial charge >= 0.3 is 0 Å². The largest absolute Gasteiger partial charge is 0.368 e. The highest BCUT2D eigenvalue weighted by atomic mass is 15.3. The quantitative estimate of drug-likeness (QED) is 0.789. The van der Waals surface area contributed by atoms with Gasteiger partial charge in [0.25, 0.3) is 0 Å². The summed E-state index contributed by atoms with van der Waals surface area (Å²) in [6.07, 6.45) is 5.52. The Morgan fingerprint density at radius 2 is 1.95 bits per heavy atom. The number of aromatic nitrogens is 4. The molecule has 0 bridgehead atoms. The van der Waals surface area contributed by atoms with Crippen LogP contribution in [0.15, 0.2) is 36.5 Å². The molecule has 1 saturated carbocycles. The summed E-state index contributed by atoms with van der Waals surface area (Å²) in [5, 5.41) is 4.30. The Bertz CT molecular complexity index is 759. The van der Waals surface area contributed by atoms with E-state index in [0.717, 1.165) is 23.5 Å². The summed E-state index contributed by atoms with van der Waals surface area (Å²) >= 11 is 0. The maximum atomic E-state index is 6.00. The fourth-order valence-electron chi connectivity index (χ4n) is 2.44. The van der Waals surface area contributed by atoms with Crippen LogP contribution in [0.3, 0.4) is 0 Å². The van der Waals surface area contributed by atoms with E-state index in [2.05, 4.69) is 15.1 Å². The zero-order valence-electron chi connectivity index (χ0n) is 11.0. The summed E-state index contributed by atoms with van der Waals surface area (Å²) in [6.45, 7) is 0.